The van der Waals surface area contributed by atoms with Crippen molar-refractivity contribution in [3.05, 3.63) is 0 Å². The van der Waals surface area contributed by atoms with Crippen molar-refractivity contribution in [2.24, 2.45) is 17.3 Å². The Bertz CT molecular complexity index is 436. The van der Waals surface area contributed by atoms with Crippen LogP contribution in [0, 0.1) is 17.3 Å². The molecule has 6 nitrogen and oxygen atoms in total. The van der Waals surface area contributed by atoms with Gasteiger partial charge in [-0.3, -0.25) is 19.3 Å². The molecule has 19 heavy (non-hydrogen) atoms. The van der Waals surface area contributed by atoms with Gasteiger partial charge in [-0.2, -0.15) is 0 Å². The van der Waals surface area contributed by atoms with E-state index >= 15 is 0 Å². The molecule has 2 amide bonds. The van der Waals surface area contributed by atoms with Crippen LogP contribution in [0.15, 0.2) is 0 Å². The zero-order chi connectivity index (χ0) is 14.6. The highest BCUT2D eigenvalue weighted by Gasteiger charge is 2.72. The lowest BCUT2D eigenvalue weighted by atomic mass is 9.97. The number of nitrogens with zero attached hydrogens (tertiary/aromatic N) is 1. The van der Waals surface area contributed by atoms with Gasteiger partial charge in [-0.05, 0) is 25.8 Å². The van der Waals surface area contributed by atoms with Crippen molar-refractivity contribution in [2.45, 2.75) is 32.7 Å². The average molecular weight is 268 g/mol. The van der Waals surface area contributed by atoms with E-state index in [1.807, 2.05) is 13.8 Å². The molecule has 0 bridgehead atoms. The maximum atomic E-state index is 12.1. The number of nitrogens with one attached hydrogen (secondary N) is 1. The lowest BCUT2D eigenvalue weighted by Crippen LogP contribution is -2.50. The molecule has 0 aromatic heterocycles. The Kier molecular flexibility index (Phi) is 2.97. The molecule has 0 aromatic carbocycles. The number of fused-ring (bicyclic) bond motifs is 1. The molecule has 0 aromatic rings. The second-order valence-electron chi connectivity index (χ2n) is 6.24. The number of hydrogen-bond acceptors (Lipinski definition) is 4. The summed E-state index contributed by atoms with van der Waals surface area (Å²) in [6, 6.07) is 0. The second kappa shape index (κ2) is 4.03. The molecule has 2 fully saturated rings. The van der Waals surface area contributed by atoms with E-state index in [2.05, 4.69) is 5.32 Å². The van der Waals surface area contributed by atoms with Crippen LogP contribution < -0.4 is 5.32 Å². The zero-order valence-electron chi connectivity index (χ0n) is 11.7. The zero-order valence-corrected chi connectivity index (χ0v) is 11.7. The molecular formula is C13H20N2O4. The molecule has 1 saturated heterocycles. The van der Waals surface area contributed by atoms with Crippen molar-refractivity contribution in [3.63, 3.8) is 0 Å². The number of carboxylic acid groups (broad SMARTS) is 1. The third-order valence-corrected chi connectivity index (χ3v) is 4.75. The van der Waals surface area contributed by atoms with Crippen LogP contribution in [0.25, 0.3) is 0 Å². The van der Waals surface area contributed by atoms with Crippen molar-refractivity contribution in [1.29, 1.82) is 0 Å². The van der Waals surface area contributed by atoms with Crippen LogP contribution in [0.5, 0.6) is 0 Å². The first-order valence-corrected chi connectivity index (χ1v) is 6.44. The molecule has 1 saturated carbocycles. The first-order chi connectivity index (χ1) is 8.66. The van der Waals surface area contributed by atoms with Crippen LogP contribution >= 0.6 is 0 Å². The maximum absolute atomic E-state index is 12.1. The Morgan fingerprint density at radius 2 is 1.84 bits per heavy atom. The minimum atomic E-state index is -1.12. The molecule has 3 atom stereocenters. The number of carboxylic acids is 1. The van der Waals surface area contributed by atoms with Crippen LogP contribution in [-0.4, -0.2) is 46.9 Å². The number of likely N-dealkylation sites (N-methyl/N-ethyl adjacent to an activating group) is 1. The van der Waals surface area contributed by atoms with E-state index in [1.54, 1.807) is 14.0 Å². The van der Waals surface area contributed by atoms with Crippen molar-refractivity contribution >= 4 is 17.8 Å². The first kappa shape index (κ1) is 14.0. The van der Waals surface area contributed by atoms with Crippen LogP contribution in [0.4, 0.5) is 0 Å². The molecule has 0 radical (unpaired) electrons. The molecule has 6 heteroatoms. The number of amides is 2. The van der Waals surface area contributed by atoms with Gasteiger partial charge in [-0.25, -0.2) is 0 Å². The number of aliphatic carboxylic acids is 1. The maximum Gasteiger partial charge on any atom is 0.323 e. The quantitative estimate of drug-likeness (QED) is 0.690. The second-order valence-corrected chi connectivity index (χ2v) is 6.24. The standard InChI is InChI=1S/C13H20N2O4/c1-12(2)7-8(12)10(17)15(9(7)16)6-5-13(3,14-4)11(18)19/h7-8,14H,5-6H2,1-4H3,(H,18,19). The lowest BCUT2D eigenvalue weighted by Gasteiger charge is -2.27. The molecule has 2 N–H and O–H groups in total. The van der Waals surface area contributed by atoms with E-state index in [9.17, 15) is 14.4 Å². The largest absolute Gasteiger partial charge is 0.480 e. The van der Waals surface area contributed by atoms with Crippen molar-refractivity contribution in [3.8, 4) is 0 Å². The molecule has 3 unspecified atom stereocenters. The Hall–Kier alpha value is -1.43. The highest BCUT2D eigenvalue weighted by Crippen LogP contribution is 2.63. The van der Waals surface area contributed by atoms with Crippen LogP contribution in [0.3, 0.4) is 0 Å². The first-order valence-electron chi connectivity index (χ1n) is 6.44. The van der Waals surface area contributed by atoms with E-state index in [0.717, 1.165) is 0 Å². The number of carbonyl (C=O) groups excluding carboxylic acids is 2. The van der Waals surface area contributed by atoms with Crippen molar-refractivity contribution < 1.29 is 19.5 Å². The molecule has 0 spiro atoms. The minimum absolute atomic E-state index is 0.149. The Balaban J connectivity index is 2.02. The SMILES string of the molecule is CNC(C)(CCN1C(=O)C2C(C1=O)C2(C)C)C(=O)O. The van der Waals surface area contributed by atoms with Gasteiger partial charge < -0.3 is 10.4 Å². The Morgan fingerprint density at radius 3 is 2.21 bits per heavy atom. The van der Waals surface area contributed by atoms with E-state index in [1.165, 1.54) is 4.90 Å². The molecule has 1 heterocycles. The summed E-state index contributed by atoms with van der Waals surface area (Å²) in [7, 11) is 1.56. The summed E-state index contributed by atoms with van der Waals surface area (Å²) >= 11 is 0. The van der Waals surface area contributed by atoms with E-state index in [4.69, 9.17) is 5.11 Å². The minimum Gasteiger partial charge on any atom is -0.480 e. The summed E-state index contributed by atoms with van der Waals surface area (Å²) in [5.41, 5.74) is -1.34. The molecule has 1 aliphatic carbocycles. The van der Waals surface area contributed by atoms with Gasteiger partial charge in [0.05, 0.1) is 11.8 Å². The lowest BCUT2D eigenvalue weighted by molar-refractivity contribution is -0.148. The van der Waals surface area contributed by atoms with Gasteiger partial charge in [0.25, 0.3) is 0 Å². The number of rotatable bonds is 5. The number of carbonyl (C=O) groups is 3. The predicted octanol–water partition coefficient (Wildman–Crippen LogP) is 0.0802. The van der Waals surface area contributed by atoms with E-state index in [0.29, 0.717) is 0 Å². The fraction of sp³-hybridized carbons (Fsp3) is 0.769. The molecule has 1 aliphatic heterocycles. The van der Waals surface area contributed by atoms with Crippen molar-refractivity contribution in [2.75, 3.05) is 13.6 Å². The third-order valence-electron chi connectivity index (χ3n) is 4.75. The van der Waals surface area contributed by atoms with E-state index < -0.39 is 11.5 Å². The molecular weight excluding hydrogens is 248 g/mol. The number of piperidine rings is 1. The summed E-state index contributed by atoms with van der Waals surface area (Å²) in [5, 5.41) is 11.9. The van der Waals surface area contributed by atoms with Crippen LogP contribution in [0.2, 0.25) is 0 Å². The van der Waals surface area contributed by atoms with Gasteiger partial charge in [0, 0.05) is 6.54 Å². The average Bonchev–Trinajstić information content (AvgIpc) is 2.79. The van der Waals surface area contributed by atoms with Gasteiger partial charge in [0.1, 0.15) is 5.54 Å². The van der Waals surface area contributed by atoms with Gasteiger partial charge in [-0.1, -0.05) is 13.8 Å². The number of hydrogen-bond donors (Lipinski definition) is 2. The van der Waals surface area contributed by atoms with Crippen molar-refractivity contribution in [1.82, 2.24) is 10.2 Å². The summed E-state index contributed by atoms with van der Waals surface area (Å²) in [4.78, 5) is 36.5. The monoisotopic (exact) mass is 268 g/mol. The molecule has 2 rings (SSSR count). The highest BCUT2D eigenvalue weighted by molar-refractivity contribution is 6.10. The third kappa shape index (κ3) is 1.85. The van der Waals surface area contributed by atoms with Gasteiger partial charge in [0.15, 0.2) is 0 Å². The van der Waals surface area contributed by atoms with Crippen LogP contribution in [0.1, 0.15) is 27.2 Å². The van der Waals surface area contributed by atoms with Gasteiger partial charge in [-0.15, -0.1) is 0 Å². The summed E-state index contributed by atoms with van der Waals surface area (Å²) in [6.45, 7) is 5.55. The smallest absolute Gasteiger partial charge is 0.323 e. The Morgan fingerprint density at radius 1 is 1.37 bits per heavy atom. The number of likely N-dealkylation sites (tertiary alicyclic amines) is 1. The molecule has 2 aliphatic rings. The fourth-order valence-corrected chi connectivity index (χ4v) is 2.90. The van der Waals surface area contributed by atoms with Crippen LogP contribution in [-0.2, 0) is 14.4 Å². The van der Waals surface area contributed by atoms with Gasteiger partial charge in [0.2, 0.25) is 11.8 Å². The normalized spacial score (nSPS) is 31.1. The Labute approximate surface area is 112 Å². The molecule has 106 valence electrons. The summed E-state index contributed by atoms with van der Waals surface area (Å²) in [5.74, 6) is -1.69. The predicted molar refractivity (Wildman–Crippen MR) is 67.2 cm³/mol. The van der Waals surface area contributed by atoms with Gasteiger partial charge >= 0.3 is 5.97 Å². The number of imide groups is 1. The van der Waals surface area contributed by atoms with E-state index in [-0.39, 0.29) is 42.0 Å². The summed E-state index contributed by atoms with van der Waals surface area (Å²) in [6.07, 6.45) is 0.205. The highest BCUT2D eigenvalue weighted by atomic mass is 16.4. The summed E-state index contributed by atoms with van der Waals surface area (Å²) < 4.78 is 0. The topological polar surface area (TPSA) is 86.7 Å². The fourth-order valence-electron chi connectivity index (χ4n) is 2.90.